The van der Waals surface area contributed by atoms with Crippen molar-refractivity contribution in [2.75, 3.05) is 14.1 Å². The highest BCUT2D eigenvalue weighted by Crippen LogP contribution is 2.21. The van der Waals surface area contributed by atoms with E-state index in [2.05, 4.69) is 0 Å². The van der Waals surface area contributed by atoms with Gasteiger partial charge in [0.25, 0.3) is 0 Å². The molecule has 0 spiro atoms. The molecule has 0 heterocycles. The molecule has 1 unspecified atom stereocenters. The molecular formula is C12H14ClNO2. The number of benzene rings is 1. The molecule has 0 aliphatic rings. The first-order valence-corrected chi connectivity index (χ1v) is 5.21. The van der Waals surface area contributed by atoms with E-state index in [1.54, 1.807) is 18.2 Å². The molecule has 0 fully saturated rings. The molecule has 1 aromatic rings. The molecule has 1 aromatic carbocycles. The van der Waals surface area contributed by atoms with E-state index >= 15 is 0 Å². The lowest BCUT2D eigenvalue weighted by Gasteiger charge is -2.21. The molecule has 0 aromatic heterocycles. The monoisotopic (exact) mass is 239 g/mol. The first-order chi connectivity index (χ1) is 7.50. The van der Waals surface area contributed by atoms with Gasteiger partial charge in [-0.05, 0) is 31.8 Å². The Morgan fingerprint density at radius 1 is 1.38 bits per heavy atom. The average molecular weight is 240 g/mol. The summed E-state index contributed by atoms with van der Waals surface area (Å²) in [5, 5.41) is 9.28. The topological polar surface area (TPSA) is 40.5 Å². The van der Waals surface area contributed by atoms with Gasteiger partial charge in [-0.3, -0.25) is 4.90 Å². The molecule has 1 atom stereocenters. The fraction of sp³-hybridized carbons (Fsp3) is 0.250. The molecule has 16 heavy (non-hydrogen) atoms. The van der Waals surface area contributed by atoms with Crippen LogP contribution in [-0.2, 0) is 4.79 Å². The maximum Gasteiger partial charge on any atom is 0.328 e. The summed E-state index contributed by atoms with van der Waals surface area (Å²) in [6.07, 6.45) is 2.80. The van der Waals surface area contributed by atoms with Gasteiger partial charge < -0.3 is 5.11 Å². The van der Waals surface area contributed by atoms with Gasteiger partial charge in [-0.1, -0.05) is 29.8 Å². The molecule has 3 nitrogen and oxygen atoms in total. The van der Waals surface area contributed by atoms with Gasteiger partial charge >= 0.3 is 5.97 Å². The van der Waals surface area contributed by atoms with Crippen molar-refractivity contribution in [2.24, 2.45) is 0 Å². The van der Waals surface area contributed by atoms with Crippen molar-refractivity contribution in [3.05, 3.63) is 47.0 Å². The lowest BCUT2D eigenvalue weighted by Crippen LogP contribution is -2.18. The zero-order valence-electron chi connectivity index (χ0n) is 9.22. The molecule has 0 saturated carbocycles. The quantitative estimate of drug-likeness (QED) is 0.821. The fourth-order valence-electron chi connectivity index (χ4n) is 1.41. The highest BCUT2D eigenvalue weighted by molar-refractivity contribution is 6.30. The number of aliphatic carboxylic acids is 1. The summed E-state index contributed by atoms with van der Waals surface area (Å²) in [7, 11) is 3.79. The van der Waals surface area contributed by atoms with Crippen LogP contribution in [-0.4, -0.2) is 30.1 Å². The van der Waals surface area contributed by atoms with Gasteiger partial charge in [0.1, 0.15) is 0 Å². The summed E-state index contributed by atoms with van der Waals surface area (Å²) in [4.78, 5) is 12.4. The summed E-state index contributed by atoms with van der Waals surface area (Å²) in [5.74, 6) is -0.944. The smallest absolute Gasteiger partial charge is 0.328 e. The van der Waals surface area contributed by atoms with Crippen LogP contribution in [0.5, 0.6) is 0 Å². The molecule has 4 heteroatoms. The van der Waals surface area contributed by atoms with Gasteiger partial charge in [0, 0.05) is 11.1 Å². The maximum atomic E-state index is 10.5. The largest absolute Gasteiger partial charge is 0.478 e. The van der Waals surface area contributed by atoms with Gasteiger partial charge in [-0.25, -0.2) is 4.79 Å². The number of carbonyl (C=O) groups is 1. The van der Waals surface area contributed by atoms with Gasteiger partial charge in [0.15, 0.2) is 0 Å². The van der Waals surface area contributed by atoms with E-state index in [0.717, 1.165) is 11.6 Å². The summed E-state index contributed by atoms with van der Waals surface area (Å²) >= 11 is 5.80. The molecule has 0 bridgehead atoms. The van der Waals surface area contributed by atoms with E-state index in [-0.39, 0.29) is 6.04 Å². The predicted octanol–water partition coefficient (Wildman–Crippen LogP) is 2.58. The minimum absolute atomic E-state index is 0.0617. The Balaban J connectivity index is 2.94. The van der Waals surface area contributed by atoms with Gasteiger partial charge in [0.05, 0.1) is 6.04 Å². The Kier molecular flexibility index (Phi) is 4.52. The van der Waals surface area contributed by atoms with E-state index in [1.165, 1.54) is 0 Å². The van der Waals surface area contributed by atoms with Crippen molar-refractivity contribution in [1.82, 2.24) is 4.90 Å². The third kappa shape index (κ3) is 3.68. The lowest BCUT2D eigenvalue weighted by atomic mass is 10.1. The molecule has 1 rings (SSSR count). The number of hydrogen-bond acceptors (Lipinski definition) is 2. The summed E-state index contributed by atoms with van der Waals surface area (Å²) in [6, 6.07) is 7.30. The second-order valence-electron chi connectivity index (χ2n) is 3.66. The lowest BCUT2D eigenvalue weighted by molar-refractivity contribution is -0.131. The molecule has 0 aliphatic heterocycles. The second kappa shape index (κ2) is 5.68. The number of nitrogens with zero attached hydrogens (tertiary/aromatic N) is 1. The van der Waals surface area contributed by atoms with E-state index in [4.69, 9.17) is 16.7 Å². The third-order valence-electron chi connectivity index (χ3n) is 2.19. The van der Waals surface area contributed by atoms with Crippen molar-refractivity contribution in [2.45, 2.75) is 6.04 Å². The number of halogens is 1. The van der Waals surface area contributed by atoms with Crippen molar-refractivity contribution in [1.29, 1.82) is 0 Å². The van der Waals surface area contributed by atoms with Crippen LogP contribution in [0.2, 0.25) is 5.02 Å². The normalized spacial score (nSPS) is 13.2. The Labute approximate surface area is 100.0 Å². The standard InChI is InChI=1S/C12H14ClNO2/c1-14(2)11(7-8-12(15)16)9-3-5-10(13)6-4-9/h3-8,11H,1-2H3,(H,15,16)/b8-7+. The van der Waals surface area contributed by atoms with Crippen molar-refractivity contribution in [3.63, 3.8) is 0 Å². The van der Waals surface area contributed by atoms with Gasteiger partial charge in [-0.2, -0.15) is 0 Å². The highest BCUT2D eigenvalue weighted by Gasteiger charge is 2.10. The van der Waals surface area contributed by atoms with E-state index in [9.17, 15) is 4.79 Å². The van der Waals surface area contributed by atoms with E-state index < -0.39 is 5.97 Å². The van der Waals surface area contributed by atoms with Crippen LogP contribution in [0.1, 0.15) is 11.6 Å². The SMILES string of the molecule is CN(C)C(/C=C/C(=O)O)c1ccc(Cl)cc1. The van der Waals surface area contributed by atoms with Crippen molar-refractivity contribution in [3.8, 4) is 0 Å². The van der Waals surface area contributed by atoms with Crippen molar-refractivity contribution < 1.29 is 9.90 Å². The second-order valence-corrected chi connectivity index (χ2v) is 4.09. The van der Waals surface area contributed by atoms with Crippen LogP contribution in [0.25, 0.3) is 0 Å². The third-order valence-corrected chi connectivity index (χ3v) is 2.44. The van der Waals surface area contributed by atoms with E-state index in [1.807, 2.05) is 31.1 Å². The Hall–Kier alpha value is -1.32. The molecule has 0 radical (unpaired) electrons. The minimum atomic E-state index is -0.944. The molecule has 0 amide bonds. The van der Waals surface area contributed by atoms with Gasteiger partial charge in [-0.15, -0.1) is 0 Å². The Morgan fingerprint density at radius 2 is 1.94 bits per heavy atom. The highest BCUT2D eigenvalue weighted by atomic mass is 35.5. The first-order valence-electron chi connectivity index (χ1n) is 4.83. The van der Waals surface area contributed by atoms with Crippen LogP contribution >= 0.6 is 11.6 Å². The summed E-state index contributed by atoms with van der Waals surface area (Å²) in [5.41, 5.74) is 1.01. The average Bonchev–Trinajstić information content (AvgIpc) is 2.20. The van der Waals surface area contributed by atoms with Crippen LogP contribution in [0.3, 0.4) is 0 Å². The predicted molar refractivity (Wildman–Crippen MR) is 64.7 cm³/mol. The summed E-state index contributed by atoms with van der Waals surface area (Å²) < 4.78 is 0. The summed E-state index contributed by atoms with van der Waals surface area (Å²) in [6.45, 7) is 0. The Morgan fingerprint density at radius 3 is 2.38 bits per heavy atom. The number of rotatable bonds is 4. The van der Waals surface area contributed by atoms with Gasteiger partial charge in [0.2, 0.25) is 0 Å². The number of carboxylic acids is 1. The van der Waals surface area contributed by atoms with Crippen LogP contribution in [0, 0.1) is 0 Å². The maximum absolute atomic E-state index is 10.5. The Bertz CT molecular complexity index is 385. The molecular weight excluding hydrogens is 226 g/mol. The molecule has 0 aliphatic carbocycles. The van der Waals surface area contributed by atoms with E-state index in [0.29, 0.717) is 5.02 Å². The molecule has 86 valence electrons. The zero-order valence-corrected chi connectivity index (χ0v) is 9.98. The molecule has 1 N–H and O–H groups in total. The van der Waals surface area contributed by atoms with Crippen LogP contribution in [0.15, 0.2) is 36.4 Å². The molecule has 0 saturated heterocycles. The van der Waals surface area contributed by atoms with Crippen LogP contribution < -0.4 is 0 Å². The number of likely N-dealkylation sites (N-methyl/N-ethyl adjacent to an activating group) is 1. The number of carboxylic acid groups (broad SMARTS) is 1. The first kappa shape index (κ1) is 12.7. The van der Waals surface area contributed by atoms with Crippen LogP contribution in [0.4, 0.5) is 0 Å². The number of hydrogen-bond donors (Lipinski definition) is 1. The fourth-order valence-corrected chi connectivity index (χ4v) is 1.54. The zero-order chi connectivity index (χ0) is 12.1. The minimum Gasteiger partial charge on any atom is -0.478 e. The van der Waals surface area contributed by atoms with Crippen molar-refractivity contribution >= 4 is 17.6 Å².